The largest absolute Gasteiger partial charge is 0.339 e. The van der Waals surface area contributed by atoms with E-state index in [2.05, 4.69) is 41.0 Å². The van der Waals surface area contributed by atoms with Crippen molar-refractivity contribution in [2.45, 2.75) is 19.3 Å². The van der Waals surface area contributed by atoms with E-state index in [9.17, 15) is 4.79 Å². The number of likely N-dealkylation sites (tertiary alicyclic amines) is 1. The number of hydrogen-bond acceptors (Lipinski definition) is 7. The van der Waals surface area contributed by atoms with Gasteiger partial charge in [0.2, 0.25) is 11.7 Å². The van der Waals surface area contributed by atoms with Crippen molar-refractivity contribution in [3.63, 3.8) is 0 Å². The summed E-state index contributed by atoms with van der Waals surface area (Å²) >= 11 is 3.36. The number of rotatable bonds is 4. The van der Waals surface area contributed by atoms with Crippen molar-refractivity contribution in [1.82, 2.24) is 30.0 Å². The number of piperidine rings is 1. The van der Waals surface area contributed by atoms with E-state index < -0.39 is 0 Å². The maximum atomic E-state index is 12.7. The van der Waals surface area contributed by atoms with Crippen LogP contribution in [0.4, 0.5) is 0 Å². The molecular weight excluding hydrogens is 412 g/mol. The number of pyridine rings is 1. The smallest absolute Gasteiger partial charge is 0.255 e. The Balaban J connectivity index is 1.42. The van der Waals surface area contributed by atoms with Crippen LogP contribution in [0.25, 0.3) is 11.5 Å². The summed E-state index contributed by atoms with van der Waals surface area (Å²) in [6.45, 7) is 1.41. The second kappa shape index (κ2) is 7.91. The van der Waals surface area contributed by atoms with Crippen LogP contribution >= 0.6 is 15.9 Å². The standard InChI is InChI=1S/C18H17BrN6O2/c19-14-7-13(8-21-9-14)18(26)25-5-1-2-12(11-25)6-16-23-17(24-27-16)15-10-20-3-4-22-15/h3-4,7-10,12H,1-2,5-6,11H2/t12-/m1/s1. The number of hydrogen-bond donors (Lipinski definition) is 0. The second-order valence-electron chi connectivity index (χ2n) is 6.46. The predicted molar refractivity (Wildman–Crippen MR) is 99.6 cm³/mol. The fraction of sp³-hybridized carbons (Fsp3) is 0.333. The first-order valence-corrected chi connectivity index (χ1v) is 9.47. The van der Waals surface area contributed by atoms with Crippen molar-refractivity contribution in [2.75, 3.05) is 13.1 Å². The molecule has 3 aromatic heterocycles. The van der Waals surface area contributed by atoms with Gasteiger partial charge in [-0.1, -0.05) is 5.16 Å². The van der Waals surface area contributed by atoms with Crippen LogP contribution in [-0.2, 0) is 6.42 Å². The molecular formula is C18H17BrN6O2. The zero-order valence-electron chi connectivity index (χ0n) is 14.5. The van der Waals surface area contributed by atoms with Gasteiger partial charge in [-0.3, -0.25) is 14.8 Å². The van der Waals surface area contributed by atoms with Gasteiger partial charge in [-0.05, 0) is 40.8 Å². The Morgan fingerprint density at radius 3 is 3.00 bits per heavy atom. The fourth-order valence-electron chi connectivity index (χ4n) is 3.23. The molecule has 0 N–H and O–H groups in total. The van der Waals surface area contributed by atoms with Crippen LogP contribution in [0.15, 0.2) is 46.0 Å². The molecule has 4 heterocycles. The minimum Gasteiger partial charge on any atom is -0.339 e. The van der Waals surface area contributed by atoms with Crippen molar-refractivity contribution in [3.8, 4) is 11.5 Å². The van der Waals surface area contributed by atoms with E-state index in [1.54, 1.807) is 37.1 Å². The summed E-state index contributed by atoms with van der Waals surface area (Å²) in [6.07, 6.45) is 10.6. The molecule has 138 valence electrons. The Hall–Kier alpha value is -2.68. The molecule has 1 fully saturated rings. The maximum absolute atomic E-state index is 12.7. The normalized spacial score (nSPS) is 17.1. The quantitative estimate of drug-likeness (QED) is 0.629. The van der Waals surface area contributed by atoms with Gasteiger partial charge in [0, 0.05) is 48.8 Å². The minimum absolute atomic E-state index is 0.000668. The van der Waals surface area contributed by atoms with Crippen LogP contribution in [0.2, 0.25) is 0 Å². The van der Waals surface area contributed by atoms with Crippen molar-refractivity contribution in [3.05, 3.63) is 53.0 Å². The minimum atomic E-state index is -0.000668. The predicted octanol–water partition coefficient (Wildman–Crippen LogP) is 2.78. The summed E-state index contributed by atoms with van der Waals surface area (Å²) in [7, 11) is 0. The molecule has 8 nitrogen and oxygen atoms in total. The summed E-state index contributed by atoms with van der Waals surface area (Å²) in [5.74, 6) is 1.26. The number of amides is 1. The number of nitrogens with zero attached hydrogens (tertiary/aromatic N) is 6. The molecule has 3 aromatic rings. The van der Waals surface area contributed by atoms with E-state index in [1.807, 2.05) is 4.90 Å². The highest BCUT2D eigenvalue weighted by molar-refractivity contribution is 9.10. The third-order valence-electron chi connectivity index (χ3n) is 4.48. The number of halogens is 1. The number of carbonyl (C=O) groups excluding carboxylic acids is 1. The van der Waals surface area contributed by atoms with Crippen LogP contribution in [0, 0.1) is 5.92 Å². The van der Waals surface area contributed by atoms with E-state index in [4.69, 9.17) is 4.52 Å². The van der Waals surface area contributed by atoms with Crippen molar-refractivity contribution >= 4 is 21.8 Å². The molecule has 27 heavy (non-hydrogen) atoms. The van der Waals surface area contributed by atoms with Gasteiger partial charge in [-0.15, -0.1) is 0 Å². The molecule has 0 spiro atoms. The Bertz CT molecular complexity index is 932. The third kappa shape index (κ3) is 4.19. The molecule has 1 aliphatic rings. The molecule has 4 rings (SSSR count). The SMILES string of the molecule is O=C(c1cncc(Br)c1)N1CCC[C@H](Cc2nc(-c3cnccn3)no2)C1. The lowest BCUT2D eigenvalue weighted by Crippen LogP contribution is -2.40. The summed E-state index contributed by atoms with van der Waals surface area (Å²) in [6, 6.07) is 1.80. The van der Waals surface area contributed by atoms with Gasteiger partial charge in [-0.25, -0.2) is 4.98 Å². The third-order valence-corrected chi connectivity index (χ3v) is 4.92. The zero-order valence-corrected chi connectivity index (χ0v) is 16.0. The molecule has 1 amide bonds. The molecule has 9 heteroatoms. The zero-order chi connectivity index (χ0) is 18.6. The summed E-state index contributed by atoms with van der Waals surface area (Å²) < 4.78 is 6.17. The van der Waals surface area contributed by atoms with Gasteiger partial charge in [0.25, 0.3) is 5.91 Å². The van der Waals surface area contributed by atoms with Crippen LogP contribution in [0.3, 0.4) is 0 Å². The highest BCUT2D eigenvalue weighted by Crippen LogP contribution is 2.23. The van der Waals surface area contributed by atoms with E-state index in [0.29, 0.717) is 35.9 Å². The van der Waals surface area contributed by atoms with E-state index in [0.717, 1.165) is 23.9 Å². The molecule has 1 aliphatic heterocycles. The van der Waals surface area contributed by atoms with Gasteiger partial charge in [0.15, 0.2) is 0 Å². The first-order chi connectivity index (χ1) is 13.2. The van der Waals surface area contributed by atoms with Crippen molar-refractivity contribution < 1.29 is 9.32 Å². The van der Waals surface area contributed by atoms with Crippen molar-refractivity contribution in [2.24, 2.45) is 5.92 Å². The first-order valence-electron chi connectivity index (χ1n) is 8.68. The summed E-state index contributed by atoms with van der Waals surface area (Å²) in [5.41, 5.74) is 1.17. The average Bonchev–Trinajstić information content (AvgIpc) is 3.17. The molecule has 0 radical (unpaired) electrons. The number of carbonyl (C=O) groups is 1. The van der Waals surface area contributed by atoms with Crippen LogP contribution in [0.5, 0.6) is 0 Å². The molecule has 0 aliphatic carbocycles. The molecule has 0 saturated carbocycles. The average molecular weight is 429 g/mol. The van der Waals surface area contributed by atoms with E-state index >= 15 is 0 Å². The molecule has 0 bridgehead atoms. The Kier molecular flexibility index (Phi) is 5.19. The fourth-order valence-corrected chi connectivity index (χ4v) is 3.60. The Morgan fingerprint density at radius 1 is 1.26 bits per heavy atom. The second-order valence-corrected chi connectivity index (χ2v) is 7.37. The molecule has 1 saturated heterocycles. The lowest BCUT2D eigenvalue weighted by molar-refractivity contribution is 0.0667. The maximum Gasteiger partial charge on any atom is 0.255 e. The van der Waals surface area contributed by atoms with E-state index in [-0.39, 0.29) is 11.8 Å². The molecule has 0 unspecified atom stereocenters. The van der Waals surface area contributed by atoms with Gasteiger partial charge in [-0.2, -0.15) is 4.98 Å². The highest BCUT2D eigenvalue weighted by atomic mass is 79.9. The lowest BCUT2D eigenvalue weighted by atomic mass is 9.94. The first kappa shape index (κ1) is 17.7. The van der Waals surface area contributed by atoms with Gasteiger partial charge in [0.05, 0.1) is 11.8 Å². The lowest BCUT2D eigenvalue weighted by Gasteiger charge is -2.32. The van der Waals surface area contributed by atoms with E-state index in [1.165, 1.54) is 0 Å². The Labute approximate surface area is 164 Å². The van der Waals surface area contributed by atoms with Crippen LogP contribution in [-0.4, -0.2) is 49.0 Å². The topological polar surface area (TPSA) is 97.9 Å². The number of aromatic nitrogens is 5. The van der Waals surface area contributed by atoms with Crippen LogP contribution in [0.1, 0.15) is 29.1 Å². The van der Waals surface area contributed by atoms with Gasteiger partial charge >= 0.3 is 0 Å². The van der Waals surface area contributed by atoms with Gasteiger partial charge < -0.3 is 9.42 Å². The molecule has 1 atom stereocenters. The van der Waals surface area contributed by atoms with Crippen LogP contribution < -0.4 is 0 Å². The summed E-state index contributed by atoms with van der Waals surface area (Å²) in [4.78, 5) is 31.3. The van der Waals surface area contributed by atoms with Crippen molar-refractivity contribution in [1.29, 1.82) is 0 Å². The molecule has 0 aromatic carbocycles. The highest BCUT2D eigenvalue weighted by Gasteiger charge is 2.26. The van der Waals surface area contributed by atoms with Gasteiger partial charge in [0.1, 0.15) is 5.69 Å². The summed E-state index contributed by atoms with van der Waals surface area (Å²) in [5, 5.41) is 3.98. The monoisotopic (exact) mass is 428 g/mol. The Morgan fingerprint density at radius 2 is 2.19 bits per heavy atom.